The molecule has 5 atom stereocenters. The molecule has 3 rings (SSSR count). The molecule has 0 saturated carbocycles. The van der Waals surface area contributed by atoms with E-state index in [1.165, 1.54) is 24.0 Å². The first-order valence-electron chi connectivity index (χ1n) is 16.4. The summed E-state index contributed by atoms with van der Waals surface area (Å²) in [5.74, 6) is -2.10. The van der Waals surface area contributed by atoms with E-state index >= 15 is 0 Å². The number of likely N-dealkylation sites (N-methyl/N-ethyl adjacent to an activating group) is 1. The van der Waals surface area contributed by atoms with Gasteiger partial charge in [-0.05, 0) is 68.2 Å². The normalized spacial score (nSPS) is 18.3. The van der Waals surface area contributed by atoms with Crippen molar-refractivity contribution in [3.63, 3.8) is 0 Å². The molecule has 4 amide bonds. The van der Waals surface area contributed by atoms with E-state index in [0.29, 0.717) is 12.8 Å². The third-order valence-corrected chi connectivity index (χ3v) is 8.57. The number of hydrogen-bond donors (Lipinski definition) is 2. The Balaban J connectivity index is 1.84. The van der Waals surface area contributed by atoms with E-state index in [1.54, 1.807) is 33.8 Å². The molecule has 1 heterocycles. The Morgan fingerprint density at radius 1 is 1.02 bits per heavy atom. The van der Waals surface area contributed by atoms with Gasteiger partial charge in [-0.25, -0.2) is 9.59 Å². The Morgan fingerprint density at radius 2 is 1.67 bits per heavy atom. The molecule has 1 aliphatic rings. The number of carbonyl (C=O) groups is 5. The lowest BCUT2D eigenvalue weighted by Gasteiger charge is -2.37. The molecule has 5 unspecified atom stereocenters. The molecule has 2 aromatic rings. The molecule has 11 heteroatoms. The minimum Gasteiger partial charge on any atom is -0.467 e. The summed E-state index contributed by atoms with van der Waals surface area (Å²) < 4.78 is 10.5. The molecule has 1 fully saturated rings. The van der Waals surface area contributed by atoms with E-state index in [9.17, 15) is 24.0 Å². The van der Waals surface area contributed by atoms with Gasteiger partial charge in [-0.1, -0.05) is 69.3 Å². The van der Waals surface area contributed by atoms with Gasteiger partial charge in [0.05, 0.1) is 7.11 Å². The highest BCUT2D eigenvalue weighted by atomic mass is 16.6. The van der Waals surface area contributed by atoms with E-state index in [-0.39, 0.29) is 18.9 Å². The second-order valence-electron chi connectivity index (χ2n) is 14.7. The van der Waals surface area contributed by atoms with Crippen molar-refractivity contribution >= 4 is 40.6 Å². The van der Waals surface area contributed by atoms with E-state index in [0.717, 1.165) is 16.3 Å². The molecular formula is C37H52N4O7. The van der Waals surface area contributed by atoms with E-state index < -0.39 is 65.0 Å². The maximum Gasteiger partial charge on any atom is 0.410 e. The molecular weight excluding hydrogens is 612 g/mol. The van der Waals surface area contributed by atoms with Crippen molar-refractivity contribution in [1.82, 2.24) is 20.4 Å². The zero-order valence-corrected chi connectivity index (χ0v) is 29.8. The second kappa shape index (κ2) is 15.7. The van der Waals surface area contributed by atoms with Gasteiger partial charge in [0.15, 0.2) is 0 Å². The zero-order chi connectivity index (χ0) is 36.0. The summed E-state index contributed by atoms with van der Waals surface area (Å²) in [7, 11) is 2.73. The van der Waals surface area contributed by atoms with Crippen LogP contribution in [-0.4, -0.2) is 90.1 Å². The molecule has 48 heavy (non-hydrogen) atoms. The summed E-state index contributed by atoms with van der Waals surface area (Å²) in [6.45, 7) is 16.3. The Hall–Kier alpha value is -4.41. The fourth-order valence-electron chi connectivity index (χ4n) is 5.77. The summed E-state index contributed by atoms with van der Waals surface area (Å²) in [5, 5.41) is 7.77. The van der Waals surface area contributed by atoms with Crippen LogP contribution in [-0.2, 0) is 35.1 Å². The number of fused-ring (bicyclic) bond motifs is 1. The number of nitrogens with zero attached hydrogens (tertiary/aromatic N) is 2. The number of allylic oxidation sites excluding steroid dienone is 1. The van der Waals surface area contributed by atoms with Crippen LogP contribution >= 0.6 is 0 Å². The molecule has 0 radical (unpaired) electrons. The number of nitrogens with one attached hydrogen (secondary N) is 2. The van der Waals surface area contributed by atoms with Crippen LogP contribution in [0.4, 0.5) is 4.79 Å². The van der Waals surface area contributed by atoms with Crippen LogP contribution in [0.5, 0.6) is 0 Å². The zero-order valence-electron chi connectivity index (χ0n) is 29.8. The van der Waals surface area contributed by atoms with Crippen LogP contribution in [0.25, 0.3) is 10.8 Å². The van der Waals surface area contributed by atoms with E-state index in [4.69, 9.17) is 9.47 Å². The number of methoxy groups -OCH3 is 1. The summed E-state index contributed by atoms with van der Waals surface area (Å²) >= 11 is 0. The summed E-state index contributed by atoms with van der Waals surface area (Å²) in [4.78, 5) is 69.9. The number of benzene rings is 2. The Labute approximate surface area is 284 Å². The van der Waals surface area contributed by atoms with Crippen LogP contribution in [0, 0.1) is 11.3 Å². The topological polar surface area (TPSA) is 134 Å². The third-order valence-electron chi connectivity index (χ3n) is 8.57. The third kappa shape index (κ3) is 9.81. The van der Waals surface area contributed by atoms with Crippen molar-refractivity contribution in [2.45, 2.75) is 97.5 Å². The number of ether oxygens (including phenoxy) is 2. The van der Waals surface area contributed by atoms with Gasteiger partial charge >= 0.3 is 12.1 Å². The molecule has 1 aliphatic heterocycles. The highest BCUT2D eigenvalue weighted by molar-refractivity contribution is 5.95. The molecule has 262 valence electrons. The van der Waals surface area contributed by atoms with Gasteiger partial charge in [0.2, 0.25) is 17.7 Å². The molecule has 1 saturated heterocycles. The van der Waals surface area contributed by atoms with Crippen LogP contribution in [0.15, 0.2) is 55.1 Å². The van der Waals surface area contributed by atoms with Gasteiger partial charge in [0.1, 0.15) is 29.8 Å². The van der Waals surface area contributed by atoms with Crippen molar-refractivity contribution in [1.29, 1.82) is 0 Å². The van der Waals surface area contributed by atoms with Gasteiger partial charge in [0.25, 0.3) is 0 Å². The Morgan fingerprint density at radius 3 is 2.25 bits per heavy atom. The highest BCUT2D eigenvalue weighted by Crippen LogP contribution is 2.31. The standard InChI is InChI=1S/C37H52N4O7/c1-11-14-25-21-29(32(43)38-28(34(45)47-10)20-24-17-18-26-15-12-13-16-27(26)19-24)41(22-25)33(44)30(36(3,4)5)39-31(42)23(2)40(9)35(46)48-37(6,7)8/h11-13,15-19,23,25,28-30H,1,14,20-22H2,2-10H3,(H,38,43)(H,39,42). The number of amides is 4. The predicted molar refractivity (Wildman–Crippen MR) is 185 cm³/mol. The maximum atomic E-state index is 14.3. The Kier molecular flexibility index (Phi) is 12.4. The van der Waals surface area contributed by atoms with Gasteiger partial charge in [-0.15, -0.1) is 6.58 Å². The van der Waals surface area contributed by atoms with Gasteiger partial charge in [0, 0.05) is 20.0 Å². The van der Waals surface area contributed by atoms with Gasteiger partial charge in [-0.3, -0.25) is 19.3 Å². The van der Waals surface area contributed by atoms with Crippen molar-refractivity contribution in [3.8, 4) is 0 Å². The summed E-state index contributed by atoms with van der Waals surface area (Å²) in [6, 6.07) is 9.86. The summed E-state index contributed by atoms with van der Waals surface area (Å²) in [5.41, 5.74) is -0.658. The molecule has 0 aliphatic carbocycles. The lowest BCUT2D eigenvalue weighted by molar-refractivity contribution is -0.147. The monoisotopic (exact) mass is 664 g/mol. The first kappa shape index (κ1) is 38.0. The number of carbonyl (C=O) groups excluding carboxylic acids is 5. The molecule has 11 nitrogen and oxygen atoms in total. The Bertz CT molecular complexity index is 1510. The van der Waals surface area contributed by atoms with Crippen molar-refractivity contribution in [3.05, 3.63) is 60.7 Å². The van der Waals surface area contributed by atoms with Crippen molar-refractivity contribution < 1.29 is 33.4 Å². The average Bonchev–Trinajstić information content (AvgIpc) is 3.44. The SMILES string of the molecule is C=CCC1CC(C(=O)NC(Cc2ccc3ccccc3c2)C(=O)OC)N(C(=O)C(NC(=O)C(C)N(C)C(=O)OC(C)(C)C)C(C)(C)C)C1. The minimum absolute atomic E-state index is 0.0483. The van der Waals surface area contributed by atoms with Crippen LogP contribution in [0.3, 0.4) is 0 Å². The number of rotatable bonds is 11. The van der Waals surface area contributed by atoms with Crippen LogP contribution in [0.2, 0.25) is 0 Å². The highest BCUT2D eigenvalue weighted by Gasteiger charge is 2.45. The number of esters is 1. The van der Waals surface area contributed by atoms with Gasteiger partial charge in [-0.2, -0.15) is 0 Å². The molecule has 0 spiro atoms. The first-order valence-corrected chi connectivity index (χ1v) is 16.4. The fourth-order valence-corrected chi connectivity index (χ4v) is 5.77. The quantitative estimate of drug-likeness (QED) is 0.265. The van der Waals surface area contributed by atoms with Crippen molar-refractivity contribution in [2.24, 2.45) is 11.3 Å². The molecule has 0 bridgehead atoms. The predicted octanol–water partition coefficient (Wildman–Crippen LogP) is 4.62. The number of likely N-dealkylation sites (tertiary alicyclic amines) is 1. The maximum absolute atomic E-state index is 14.3. The minimum atomic E-state index is -1.02. The molecule has 2 N–H and O–H groups in total. The summed E-state index contributed by atoms with van der Waals surface area (Å²) in [6.07, 6.45) is 2.22. The van der Waals surface area contributed by atoms with Crippen LogP contribution in [0.1, 0.15) is 66.9 Å². The van der Waals surface area contributed by atoms with Crippen LogP contribution < -0.4 is 10.6 Å². The largest absolute Gasteiger partial charge is 0.467 e. The second-order valence-corrected chi connectivity index (χ2v) is 14.7. The molecule has 0 aromatic heterocycles. The van der Waals surface area contributed by atoms with E-state index in [2.05, 4.69) is 17.2 Å². The average molecular weight is 665 g/mol. The van der Waals surface area contributed by atoms with Crippen molar-refractivity contribution in [2.75, 3.05) is 20.7 Å². The smallest absolute Gasteiger partial charge is 0.410 e. The molecule has 2 aromatic carbocycles. The number of hydrogen-bond acceptors (Lipinski definition) is 7. The van der Waals surface area contributed by atoms with E-state index in [1.807, 2.05) is 63.2 Å². The lowest BCUT2D eigenvalue weighted by Crippen LogP contribution is -2.60. The lowest BCUT2D eigenvalue weighted by atomic mass is 9.85. The van der Waals surface area contributed by atoms with Gasteiger partial charge < -0.3 is 25.0 Å². The first-order chi connectivity index (χ1) is 22.4. The fraction of sp³-hybridized carbons (Fsp3) is 0.541.